The molecule has 1 aromatic rings. The van der Waals surface area contributed by atoms with Crippen LogP contribution in [0, 0.1) is 6.92 Å². The first-order valence-corrected chi connectivity index (χ1v) is 6.06. The standard InChI is InChI=1S/C7H10O4SSi/c1-6-4-2-3-5-7(6)12-11-13(8,9)10/h2-5,8-10H,1H3. The van der Waals surface area contributed by atoms with E-state index < -0.39 is 9.05 Å². The van der Waals surface area contributed by atoms with Crippen LogP contribution >= 0.6 is 12.0 Å². The van der Waals surface area contributed by atoms with Gasteiger partial charge in [-0.15, -0.1) is 0 Å². The molecule has 72 valence electrons. The molecule has 0 atom stereocenters. The van der Waals surface area contributed by atoms with Gasteiger partial charge in [0.05, 0.1) is 0 Å². The Balaban J connectivity index is 2.60. The van der Waals surface area contributed by atoms with Crippen molar-refractivity contribution in [3.05, 3.63) is 29.8 Å². The fourth-order valence-corrected chi connectivity index (χ4v) is 1.89. The number of benzene rings is 1. The number of hydrogen-bond acceptors (Lipinski definition) is 5. The second-order valence-electron chi connectivity index (χ2n) is 2.51. The van der Waals surface area contributed by atoms with E-state index in [9.17, 15) is 0 Å². The molecule has 0 bridgehead atoms. The van der Waals surface area contributed by atoms with E-state index in [1.807, 2.05) is 19.1 Å². The molecule has 4 nitrogen and oxygen atoms in total. The summed E-state index contributed by atoms with van der Waals surface area (Å²) < 4.78 is 4.42. The van der Waals surface area contributed by atoms with Crippen LogP contribution in [0.15, 0.2) is 29.2 Å². The summed E-state index contributed by atoms with van der Waals surface area (Å²) in [6, 6.07) is 7.29. The Morgan fingerprint density at radius 1 is 1.23 bits per heavy atom. The molecule has 0 aliphatic carbocycles. The molecule has 13 heavy (non-hydrogen) atoms. The SMILES string of the molecule is Cc1ccccc1SO[Si](O)(O)O. The van der Waals surface area contributed by atoms with Gasteiger partial charge < -0.3 is 14.4 Å². The second-order valence-corrected chi connectivity index (χ2v) is 4.93. The van der Waals surface area contributed by atoms with Crippen LogP contribution in [0.4, 0.5) is 0 Å². The van der Waals surface area contributed by atoms with Gasteiger partial charge in [-0.3, -0.25) is 3.87 Å². The van der Waals surface area contributed by atoms with Crippen LogP contribution in [-0.2, 0) is 3.87 Å². The molecule has 0 unspecified atom stereocenters. The number of hydrogen-bond donors (Lipinski definition) is 3. The maximum Gasteiger partial charge on any atom is 0.683 e. The van der Waals surface area contributed by atoms with Crippen LogP contribution < -0.4 is 0 Å². The third-order valence-electron chi connectivity index (χ3n) is 1.34. The van der Waals surface area contributed by atoms with Crippen molar-refractivity contribution in [1.82, 2.24) is 0 Å². The van der Waals surface area contributed by atoms with E-state index in [1.165, 1.54) is 0 Å². The topological polar surface area (TPSA) is 69.9 Å². The summed E-state index contributed by atoms with van der Waals surface area (Å²) in [7, 11) is -4.40. The highest BCUT2D eigenvalue weighted by Crippen LogP contribution is 2.23. The minimum atomic E-state index is -4.40. The zero-order chi connectivity index (χ0) is 9.90. The summed E-state index contributed by atoms with van der Waals surface area (Å²) in [5.41, 5.74) is 0.950. The lowest BCUT2D eigenvalue weighted by Gasteiger charge is -2.09. The van der Waals surface area contributed by atoms with E-state index in [-0.39, 0.29) is 0 Å². The van der Waals surface area contributed by atoms with Gasteiger partial charge in [0.1, 0.15) is 0 Å². The van der Waals surface area contributed by atoms with Gasteiger partial charge in [-0.25, -0.2) is 0 Å². The van der Waals surface area contributed by atoms with Crippen molar-refractivity contribution >= 4 is 21.1 Å². The summed E-state index contributed by atoms with van der Waals surface area (Å²) in [4.78, 5) is 26.5. The Kier molecular flexibility index (Phi) is 3.48. The maximum absolute atomic E-state index is 8.58. The molecule has 0 saturated heterocycles. The maximum atomic E-state index is 8.58. The van der Waals surface area contributed by atoms with Gasteiger partial charge in [0.25, 0.3) is 0 Å². The monoisotopic (exact) mass is 218 g/mol. The van der Waals surface area contributed by atoms with Crippen molar-refractivity contribution in [2.45, 2.75) is 11.8 Å². The molecule has 0 aliphatic heterocycles. The predicted molar refractivity (Wildman–Crippen MR) is 50.5 cm³/mol. The number of rotatable bonds is 3. The first-order chi connectivity index (χ1) is 5.99. The van der Waals surface area contributed by atoms with Gasteiger partial charge in [-0.1, -0.05) is 18.2 Å². The third kappa shape index (κ3) is 3.90. The highest BCUT2D eigenvalue weighted by atomic mass is 32.2. The average Bonchev–Trinajstić information content (AvgIpc) is 2.01. The fraction of sp³-hybridized carbons (Fsp3) is 0.143. The van der Waals surface area contributed by atoms with Gasteiger partial charge in [-0.2, -0.15) is 0 Å². The largest absolute Gasteiger partial charge is 0.683 e. The van der Waals surface area contributed by atoms with E-state index in [0.29, 0.717) is 0 Å². The normalized spacial score (nSPS) is 11.7. The minimum Gasteiger partial charge on any atom is -0.367 e. The Morgan fingerprint density at radius 2 is 1.85 bits per heavy atom. The van der Waals surface area contributed by atoms with Crippen LogP contribution in [0.5, 0.6) is 0 Å². The molecular weight excluding hydrogens is 208 g/mol. The zero-order valence-electron chi connectivity index (χ0n) is 6.97. The number of aryl methyl sites for hydroxylation is 1. The molecule has 6 heteroatoms. The molecule has 0 aromatic heterocycles. The summed E-state index contributed by atoms with van der Waals surface area (Å²) in [6.07, 6.45) is 0. The Bertz CT molecular complexity index is 286. The van der Waals surface area contributed by atoms with Gasteiger partial charge >= 0.3 is 9.05 Å². The first kappa shape index (κ1) is 10.7. The average molecular weight is 218 g/mol. The molecule has 0 saturated carbocycles. The highest BCUT2D eigenvalue weighted by Gasteiger charge is 2.31. The highest BCUT2D eigenvalue weighted by molar-refractivity contribution is 7.95. The van der Waals surface area contributed by atoms with E-state index >= 15 is 0 Å². The van der Waals surface area contributed by atoms with Crippen molar-refractivity contribution in [3.8, 4) is 0 Å². The molecule has 0 heterocycles. The summed E-state index contributed by atoms with van der Waals surface area (Å²) in [5.74, 6) is 0. The predicted octanol–water partition coefficient (Wildman–Crippen LogP) is 0.431. The quantitative estimate of drug-likeness (QED) is 0.507. The van der Waals surface area contributed by atoms with Gasteiger partial charge in [0.15, 0.2) is 0 Å². The lowest BCUT2D eigenvalue weighted by molar-refractivity contribution is 0.140. The van der Waals surface area contributed by atoms with Crippen molar-refractivity contribution in [1.29, 1.82) is 0 Å². The molecule has 0 amide bonds. The minimum absolute atomic E-state index is 0.747. The van der Waals surface area contributed by atoms with Crippen LogP contribution in [0.3, 0.4) is 0 Å². The molecule has 1 aromatic carbocycles. The van der Waals surface area contributed by atoms with Crippen LogP contribution in [0.2, 0.25) is 0 Å². The van der Waals surface area contributed by atoms with Crippen LogP contribution in [0.25, 0.3) is 0 Å². The molecule has 0 spiro atoms. The van der Waals surface area contributed by atoms with E-state index in [0.717, 1.165) is 22.5 Å². The van der Waals surface area contributed by atoms with Crippen LogP contribution in [-0.4, -0.2) is 23.4 Å². The molecule has 0 aliphatic rings. The van der Waals surface area contributed by atoms with Gasteiger partial charge in [-0.05, 0) is 18.6 Å². The van der Waals surface area contributed by atoms with Gasteiger partial charge in [0, 0.05) is 16.9 Å². The summed E-state index contributed by atoms with van der Waals surface area (Å²) in [6.45, 7) is 1.86. The lowest BCUT2D eigenvalue weighted by atomic mass is 10.2. The van der Waals surface area contributed by atoms with Crippen molar-refractivity contribution in [2.75, 3.05) is 0 Å². The van der Waals surface area contributed by atoms with Crippen molar-refractivity contribution in [3.63, 3.8) is 0 Å². The smallest absolute Gasteiger partial charge is 0.367 e. The Morgan fingerprint density at radius 3 is 2.38 bits per heavy atom. The first-order valence-electron chi connectivity index (χ1n) is 3.57. The Hall–Kier alpha value is -0.373. The fourth-order valence-electron chi connectivity index (χ4n) is 0.751. The van der Waals surface area contributed by atoms with Crippen LogP contribution in [0.1, 0.15) is 5.56 Å². The van der Waals surface area contributed by atoms with E-state index in [4.69, 9.17) is 14.4 Å². The second kappa shape index (κ2) is 4.23. The van der Waals surface area contributed by atoms with Gasteiger partial charge in [0.2, 0.25) is 0 Å². The molecule has 1 rings (SSSR count). The molecule has 3 N–H and O–H groups in total. The van der Waals surface area contributed by atoms with E-state index in [2.05, 4.69) is 3.87 Å². The summed E-state index contributed by atoms with van der Waals surface area (Å²) >= 11 is 0.766. The zero-order valence-corrected chi connectivity index (χ0v) is 8.78. The molecule has 0 radical (unpaired) electrons. The molecular formula is C7H10O4SSi. The Labute approximate surface area is 81.5 Å². The lowest BCUT2D eigenvalue weighted by Crippen LogP contribution is -2.36. The van der Waals surface area contributed by atoms with Crippen molar-refractivity contribution in [2.24, 2.45) is 0 Å². The molecule has 0 fully saturated rings. The third-order valence-corrected chi connectivity index (χ3v) is 3.20. The van der Waals surface area contributed by atoms with Crippen molar-refractivity contribution < 1.29 is 18.3 Å². The van der Waals surface area contributed by atoms with E-state index in [1.54, 1.807) is 12.1 Å². The summed E-state index contributed by atoms with van der Waals surface area (Å²) in [5, 5.41) is 0.